The second-order valence-electron chi connectivity index (χ2n) is 4.32. The molecule has 0 saturated carbocycles. The second kappa shape index (κ2) is 4.70. The van der Waals surface area contributed by atoms with Crippen LogP contribution in [0.1, 0.15) is 10.4 Å². The summed E-state index contributed by atoms with van der Waals surface area (Å²) in [6.07, 6.45) is 3.26. The Balaban J connectivity index is 2.20. The molecule has 0 radical (unpaired) electrons. The van der Waals surface area contributed by atoms with Crippen LogP contribution in [0.4, 0.5) is 0 Å². The number of ether oxygens (including phenoxy) is 1. The molecule has 0 aliphatic heterocycles. The summed E-state index contributed by atoms with van der Waals surface area (Å²) in [6.45, 7) is 0. The number of nitrogens with zero attached hydrogens (tertiary/aromatic N) is 1. The van der Waals surface area contributed by atoms with E-state index >= 15 is 0 Å². The first-order valence-electron chi connectivity index (χ1n) is 6.04. The topological polar surface area (TPSA) is 75.2 Å². The quantitative estimate of drug-likeness (QED) is 0.765. The van der Waals surface area contributed by atoms with Crippen LogP contribution in [0.3, 0.4) is 0 Å². The lowest BCUT2D eigenvalue weighted by molar-refractivity contribution is 0.0693. The summed E-state index contributed by atoms with van der Waals surface area (Å²) in [7, 11) is 1.43. The van der Waals surface area contributed by atoms with Gasteiger partial charge in [-0.05, 0) is 12.1 Å². The SMILES string of the molecule is COc1cnc(-c2c[nH]c3ccccc23)cc1C(=O)O. The van der Waals surface area contributed by atoms with Crippen molar-refractivity contribution in [3.63, 3.8) is 0 Å². The summed E-state index contributed by atoms with van der Waals surface area (Å²) in [4.78, 5) is 18.7. The third-order valence-electron chi connectivity index (χ3n) is 3.18. The van der Waals surface area contributed by atoms with E-state index in [-0.39, 0.29) is 11.3 Å². The van der Waals surface area contributed by atoms with Gasteiger partial charge in [0.15, 0.2) is 5.75 Å². The van der Waals surface area contributed by atoms with E-state index in [1.54, 1.807) is 0 Å². The second-order valence-corrected chi connectivity index (χ2v) is 4.32. The van der Waals surface area contributed by atoms with Crippen molar-refractivity contribution in [1.29, 1.82) is 0 Å². The maximum atomic E-state index is 11.3. The van der Waals surface area contributed by atoms with Crippen LogP contribution in [0.15, 0.2) is 42.7 Å². The number of carbonyl (C=O) groups is 1. The number of carboxylic acid groups (broad SMARTS) is 1. The van der Waals surface area contributed by atoms with Crippen molar-refractivity contribution in [1.82, 2.24) is 9.97 Å². The molecule has 5 heteroatoms. The minimum atomic E-state index is -1.04. The highest BCUT2D eigenvalue weighted by atomic mass is 16.5. The molecule has 0 aliphatic carbocycles. The molecule has 100 valence electrons. The average Bonchev–Trinajstić information content (AvgIpc) is 2.90. The normalized spacial score (nSPS) is 10.7. The standard InChI is InChI=1S/C15H12N2O3/c1-20-14-8-17-13(6-10(14)15(18)19)11-7-16-12-5-3-2-4-9(11)12/h2-8,16H,1H3,(H,18,19). The molecular formula is C15H12N2O3. The van der Waals surface area contributed by atoms with Crippen molar-refractivity contribution in [2.24, 2.45) is 0 Å². The maximum absolute atomic E-state index is 11.3. The molecule has 0 fully saturated rings. The fourth-order valence-corrected chi connectivity index (χ4v) is 2.20. The first-order chi connectivity index (χ1) is 9.70. The van der Waals surface area contributed by atoms with Crippen molar-refractivity contribution in [2.45, 2.75) is 0 Å². The third kappa shape index (κ3) is 1.89. The fraction of sp³-hybridized carbons (Fsp3) is 0.0667. The van der Waals surface area contributed by atoms with Gasteiger partial charge < -0.3 is 14.8 Å². The highest BCUT2D eigenvalue weighted by molar-refractivity contribution is 5.97. The summed E-state index contributed by atoms with van der Waals surface area (Å²) < 4.78 is 5.02. The van der Waals surface area contributed by atoms with Gasteiger partial charge in [-0.25, -0.2) is 4.79 Å². The van der Waals surface area contributed by atoms with E-state index in [0.717, 1.165) is 16.5 Å². The highest BCUT2D eigenvalue weighted by Crippen LogP contribution is 2.29. The number of aromatic carboxylic acids is 1. The molecule has 3 rings (SSSR count). The Bertz CT molecular complexity index is 793. The zero-order valence-electron chi connectivity index (χ0n) is 10.8. The van der Waals surface area contributed by atoms with Gasteiger partial charge in [0.25, 0.3) is 0 Å². The van der Waals surface area contributed by atoms with Crippen LogP contribution in [0.5, 0.6) is 5.75 Å². The van der Waals surface area contributed by atoms with Crippen molar-refractivity contribution >= 4 is 16.9 Å². The summed E-state index contributed by atoms with van der Waals surface area (Å²) in [5.74, 6) is -0.786. The Hall–Kier alpha value is -2.82. The number of fused-ring (bicyclic) bond motifs is 1. The number of hydrogen-bond acceptors (Lipinski definition) is 3. The number of hydrogen-bond donors (Lipinski definition) is 2. The Morgan fingerprint density at radius 3 is 2.90 bits per heavy atom. The number of H-pyrrole nitrogens is 1. The number of para-hydroxylation sites is 1. The van der Waals surface area contributed by atoms with Crippen molar-refractivity contribution < 1.29 is 14.6 Å². The van der Waals surface area contributed by atoms with Crippen LogP contribution in [0.2, 0.25) is 0 Å². The van der Waals surface area contributed by atoms with Gasteiger partial charge in [-0.3, -0.25) is 4.98 Å². The zero-order chi connectivity index (χ0) is 14.1. The first-order valence-corrected chi connectivity index (χ1v) is 6.04. The van der Waals surface area contributed by atoms with E-state index in [1.165, 1.54) is 19.4 Å². The van der Waals surface area contributed by atoms with Crippen LogP contribution in [0.25, 0.3) is 22.2 Å². The molecule has 5 nitrogen and oxygen atoms in total. The molecule has 0 spiro atoms. The number of carboxylic acids is 1. The van der Waals surface area contributed by atoms with Crippen LogP contribution >= 0.6 is 0 Å². The number of aromatic nitrogens is 2. The number of pyridine rings is 1. The van der Waals surface area contributed by atoms with Gasteiger partial charge in [0.1, 0.15) is 5.56 Å². The minimum absolute atomic E-state index is 0.0998. The van der Waals surface area contributed by atoms with E-state index < -0.39 is 5.97 Å². The monoisotopic (exact) mass is 268 g/mol. The third-order valence-corrected chi connectivity index (χ3v) is 3.18. The highest BCUT2D eigenvalue weighted by Gasteiger charge is 2.15. The number of rotatable bonds is 3. The Labute approximate surface area is 114 Å². The molecule has 0 saturated heterocycles. The van der Waals surface area contributed by atoms with E-state index in [4.69, 9.17) is 4.74 Å². The molecule has 20 heavy (non-hydrogen) atoms. The fourth-order valence-electron chi connectivity index (χ4n) is 2.20. The largest absolute Gasteiger partial charge is 0.494 e. The molecule has 2 heterocycles. The van der Waals surface area contributed by atoms with E-state index in [9.17, 15) is 9.90 Å². The molecule has 0 unspecified atom stereocenters. The van der Waals surface area contributed by atoms with Gasteiger partial charge in [-0.15, -0.1) is 0 Å². The van der Waals surface area contributed by atoms with Crippen LogP contribution in [0, 0.1) is 0 Å². The molecule has 1 aromatic carbocycles. The van der Waals surface area contributed by atoms with Gasteiger partial charge in [0.2, 0.25) is 0 Å². The number of nitrogens with one attached hydrogen (secondary N) is 1. The van der Waals surface area contributed by atoms with Crippen LogP contribution in [-0.2, 0) is 0 Å². The number of methoxy groups -OCH3 is 1. The Kier molecular flexibility index (Phi) is 2.87. The minimum Gasteiger partial charge on any atom is -0.494 e. The van der Waals surface area contributed by atoms with E-state index in [2.05, 4.69) is 9.97 Å². The maximum Gasteiger partial charge on any atom is 0.339 e. The van der Waals surface area contributed by atoms with Crippen LogP contribution in [-0.4, -0.2) is 28.2 Å². The van der Waals surface area contributed by atoms with Gasteiger partial charge in [-0.2, -0.15) is 0 Å². The lowest BCUT2D eigenvalue weighted by atomic mass is 10.1. The first kappa shape index (κ1) is 12.2. The van der Waals surface area contributed by atoms with Crippen molar-refractivity contribution in [3.05, 3.63) is 48.3 Å². The smallest absolute Gasteiger partial charge is 0.339 e. The predicted molar refractivity (Wildman–Crippen MR) is 75.0 cm³/mol. The van der Waals surface area contributed by atoms with Crippen LogP contribution < -0.4 is 4.74 Å². The summed E-state index contributed by atoms with van der Waals surface area (Å²) in [6, 6.07) is 9.32. The molecule has 0 aliphatic rings. The van der Waals surface area contributed by atoms with Gasteiger partial charge in [0, 0.05) is 22.7 Å². The molecular weight excluding hydrogens is 256 g/mol. The summed E-state index contributed by atoms with van der Waals surface area (Å²) in [5.41, 5.74) is 2.55. The Morgan fingerprint density at radius 1 is 1.35 bits per heavy atom. The molecule has 2 aromatic heterocycles. The lowest BCUT2D eigenvalue weighted by Gasteiger charge is -2.06. The Morgan fingerprint density at radius 2 is 2.15 bits per heavy atom. The average molecular weight is 268 g/mol. The molecule has 3 aromatic rings. The van der Waals surface area contributed by atoms with Crippen molar-refractivity contribution in [3.8, 4) is 17.0 Å². The van der Waals surface area contributed by atoms with Gasteiger partial charge in [-0.1, -0.05) is 18.2 Å². The zero-order valence-corrected chi connectivity index (χ0v) is 10.8. The van der Waals surface area contributed by atoms with Gasteiger partial charge in [0.05, 0.1) is 19.0 Å². The lowest BCUT2D eigenvalue weighted by Crippen LogP contribution is -2.01. The number of aromatic amines is 1. The predicted octanol–water partition coefficient (Wildman–Crippen LogP) is 2.94. The van der Waals surface area contributed by atoms with E-state index in [0.29, 0.717) is 5.69 Å². The molecule has 0 atom stereocenters. The van der Waals surface area contributed by atoms with Crippen molar-refractivity contribution in [2.75, 3.05) is 7.11 Å². The molecule has 0 amide bonds. The summed E-state index contributed by atoms with van der Waals surface area (Å²) in [5, 5.41) is 10.2. The molecule has 0 bridgehead atoms. The van der Waals surface area contributed by atoms with Gasteiger partial charge >= 0.3 is 5.97 Å². The molecule has 2 N–H and O–H groups in total. The summed E-state index contributed by atoms with van der Waals surface area (Å²) >= 11 is 0. The number of benzene rings is 1. The van der Waals surface area contributed by atoms with E-state index in [1.807, 2.05) is 30.5 Å².